The maximum Gasteiger partial charge on any atom is 0.255 e. The van der Waals surface area contributed by atoms with Gasteiger partial charge in [-0.05, 0) is 49.4 Å². The number of anilines is 1. The number of methoxy groups -OCH3 is 1. The molecule has 2 aromatic carbocycles. The van der Waals surface area contributed by atoms with Gasteiger partial charge in [-0.3, -0.25) is 9.36 Å². The van der Waals surface area contributed by atoms with Crippen LogP contribution in [0.25, 0.3) is 16.9 Å². The summed E-state index contributed by atoms with van der Waals surface area (Å²) >= 11 is 0. The number of nitrogens with one attached hydrogen (secondary N) is 1. The Hall–Kier alpha value is -3.87. The van der Waals surface area contributed by atoms with Crippen molar-refractivity contribution < 1.29 is 14.3 Å². The normalized spacial score (nSPS) is 10.7. The molecule has 0 saturated carbocycles. The van der Waals surface area contributed by atoms with Gasteiger partial charge in [-0.2, -0.15) is 0 Å². The van der Waals surface area contributed by atoms with Gasteiger partial charge in [0.25, 0.3) is 5.91 Å². The zero-order valence-electron chi connectivity index (χ0n) is 16.1. The molecular weight excluding hydrogens is 368 g/mol. The first-order valence-corrected chi connectivity index (χ1v) is 9.20. The van der Waals surface area contributed by atoms with Crippen molar-refractivity contribution in [3.8, 4) is 17.3 Å². The molecule has 0 fully saturated rings. The van der Waals surface area contributed by atoms with Crippen molar-refractivity contribution in [3.63, 3.8) is 0 Å². The molecule has 0 atom stereocenters. The summed E-state index contributed by atoms with van der Waals surface area (Å²) in [6.07, 6.45) is 3.35. The van der Waals surface area contributed by atoms with Gasteiger partial charge in [0.15, 0.2) is 11.5 Å². The van der Waals surface area contributed by atoms with Gasteiger partial charge in [0.05, 0.1) is 36.6 Å². The second kappa shape index (κ2) is 8.02. The van der Waals surface area contributed by atoms with Crippen LogP contribution in [0.15, 0.2) is 67.1 Å². The second-order valence-electron chi connectivity index (χ2n) is 6.26. The second-order valence-corrected chi connectivity index (χ2v) is 6.26. The van der Waals surface area contributed by atoms with E-state index in [1.807, 2.05) is 47.9 Å². The number of hydrogen-bond donors (Lipinski definition) is 1. The van der Waals surface area contributed by atoms with E-state index in [1.54, 1.807) is 37.8 Å². The number of fused-ring (bicyclic) bond motifs is 1. The molecular formula is C22H20N4O3. The van der Waals surface area contributed by atoms with Crippen molar-refractivity contribution in [1.82, 2.24) is 14.5 Å². The Labute approximate surface area is 167 Å². The Morgan fingerprint density at radius 1 is 1.07 bits per heavy atom. The van der Waals surface area contributed by atoms with Crippen molar-refractivity contribution in [2.75, 3.05) is 19.0 Å². The third kappa shape index (κ3) is 3.75. The highest BCUT2D eigenvalue weighted by Gasteiger charge is 2.12. The molecule has 2 aromatic heterocycles. The molecule has 2 heterocycles. The molecule has 0 bridgehead atoms. The Bertz CT molecular complexity index is 1150. The van der Waals surface area contributed by atoms with Gasteiger partial charge in [0.2, 0.25) is 0 Å². The molecule has 29 heavy (non-hydrogen) atoms. The number of amides is 1. The number of nitrogens with zero attached hydrogens (tertiary/aromatic N) is 3. The minimum absolute atomic E-state index is 0.253. The van der Waals surface area contributed by atoms with Crippen molar-refractivity contribution in [2.45, 2.75) is 6.92 Å². The van der Waals surface area contributed by atoms with E-state index in [0.717, 1.165) is 16.9 Å². The first-order chi connectivity index (χ1) is 14.2. The van der Waals surface area contributed by atoms with Gasteiger partial charge in [-0.15, -0.1) is 0 Å². The summed E-state index contributed by atoms with van der Waals surface area (Å²) in [6, 6.07) is 16.6. The minimum atomic E-state index is -0.253. The maximum absolute atomic E-state index is 12.6. The van der Waals surface area contributed by atoms with Gasteiger partial charge < -0.3 is 14.8 Å². The average Bonchev–Trinajstić information content (AvgIpc) is 3.19. The summed E-state index contributed by atoms with van der Waals surface area (Å²) in [5.74, 6) is 1.58. The highest BCUT2D eigenvalue weighted by molar-refractivity contribution is 6.04. The van der Waals surface area contributed by atoms with Crippen LogP contribution in [-0.2, 0) is 0 Å². The summed E-state index contributed by atoms with van der Waals surface area (Å²) in [5.41, 5.74) is 2.94. The molecule has 4 aromatic rings. The van der Waals surface area contributed by atoms with Crippen LogP contribution in [0.1, 0.15) is 17.3 Å². The lowest BCUT2D eigenvalue weighted by atomic mass is 10.2. The molecule has 0 spiro atoms. The highest BCUT2D eigenvalue weighted by atomic mass is 16.5. The van der Waals surface area contributed by atoms with E-state index in [2.05, 4.69) is 15.3 Å². The molecule has 0 saturated heterocycles. The summed E-state index contributed by atoms with van der Waals surface area (Å²) in [5, 5.41) is 2.85. The molecule has 0 radical (unpaired) electrons. The predicted octanol–water partition coefficient (Wildman–Crippen LogP) is 4.08. The lowest BCUT2D eigenvalue weighted by Crippen LogP contribution is -2.12. The van der Waals surface area contributed by atoms with Gasteiger partial charge in [-0.1, -0.05) is 12.1 Å². The molecule has 7 heteroatoms. The fraction of sp³-hybridized carbons (Fsp3) is 0.136. The zero-order chi connectivity index (χ0) is 20.2. The minimum Gasteiger partial charge on any atom is -0.493 e. The van der Waals surface area contributed by atoms with Crippen molar-refractivity contribution in [3.05, 3.63) is 72.7 Å². The standard InChI is InChI=1S/C22H20N4O3/c1-3-29-20-12-15(8-10-19(20)28-2)22(27)25-16-9-11-21(23-13-16)26-14-24-17-6-4-5-7-18(17)26/h4-14H,3H2,1-2H3,(H,25,27). The lowest BCUT2D eigenvalue weighted by molar-refractivity contribution is 0.102. The first-order valence-electron chi connectivity index (χ1n) is 9.20. The number of imidazole rings is 1. The summed E-state index contributed by atoms with van der Waals surface area (Å²) in [6.45, 7) is 2.36. The maximum atomic E-state index is 12.6. The largest absolute Gasteiger partial charge is 0.493 e. The number of hydrogen-bond acceptors (Lipinski definition) is 5. The van der Waals surface area contributed by atoms with E-state index in [0.29, 0.717) is 29.4 Å². The third-order valence-electron chi connectivity index (χ3n) is 4.43. The van der Waals surface area contributed by atoms with Gasteiger partial charge in [0, 0.05) is 5.56 Å². The number of pyridine rings is 1. The fourth-order valence-corrected chi connectivity index (χ4v) is 3.03. The number of carbonyl (C=O) groups excluding carboxylic acids is 1. The first kappa shape index (κ1) is 18.5. The number of carbonyl (C=O) groups is 1. The fourth-order valence-electron chi connectivity index (χ4n) is 3.03. The molecule has 4 rings (SSSR count). The molecule has 0 aliphatic heterocycles. The zero-order valence-corrected chi connectivity index (χ0v) is 16.1. The van der Waals surface area contributed by atoms with Gasteiger partial charge in [0.1, 0.15) is 12.1 Å². The van der Waals surface area contributed by atoms with Crippen molar-refractivity contribution in [1.29, 1.82) is 0 Å². The van der Waals surface area contributed by atoms with Crippen molar-refractivity contribution >= 4 is 22.6 Å². The quantitative estimate of drug-likeness (QED) is 0.538. The molecule has 146 valence electrons. The van der Waals surface area contributed by atoms with Crippen LogP contribution < -0.4 is 14.8 Å². The van der Waals surface area contributed by atoms with Crippen molar-refractivity contribution in [2.24, 2.45) is 0 Å². The van der Waals surface area contributed by atoms with E-state index in [-0.39, 0.29) is 5.91 Å². The lowest BCUT2D eigenvalue weighted by Gasteiger charge is -2.11. The van der Waals surface area contributed by atoms with Gasteiger partial charge in [-0.25, -0.2) is 9.97 Å². The Kier molecular flexibility index (Phi) is 5.11. The van der Waals surface area contributed by atoms with Crippen LogP contribution in [0.3, 0.4) is 0 Å². The number of rotatable bonds is 6. The Morgan fingerprint density at radius 3 is 2.69 bits per heavy atom. The SMILES string of the molecule is CCOc1cc(C(=O)Nc2ccc(-n3cnc4ccccc43)nc2)ccc1OC. The van der Waals surface area contributed by atoms with E-state index in [4.69, 9.17) is 9.47 Å². The molecule has 7 nitrogen and oxygen atoms in total. The average molecular weight is 388 g/mol. The molecule has 0 unspecified atom stereocenters. The van der Waals surface area contributed by atoms with Crippen LogP contribution in [0.4, 0.5) is 5.69 Å². The van der Waals surface area contributed by atoms with E-state index < -0.39 is 0 Å². The van der Waals surface area contributed by atoms with E-state index >= 15 is 0 Å². The van der Waals surface area contributed by atoms with Crippen LogP contribution in [0.2, 0.25) is 0 Å². The smallest absolute Gasteiger partial charge is 0.255 e. The number of aromatic nitrogens is 3. The van der Waals surface area contributed by atoms with Gasteiger partial charge >= 0.3 is 0 Å². The van der Waals surface area contributed by atoms with Crippen LogP contribution in [0.5, 0.6) is 11.5 Å². The number of ether oxygens (including phenoxy) is 2. The topological polar surface area (TPSA) is 78.3 Å². The monoisotopic (exact) mass is 388 g/mol. The molecule has 1 amide bonds. The van der Waals surface area contributed by atoms with E-state index in [1.165, 1.54) is 0 Å². The summed E-state index contributed by atoms with van der Waals surface area (Å²) < 4.78 is 12.7. The van der Waals surface area contributed by atoms with Crippen LogP contribution >= 0.6 is 0 Å². The molecule has 0 aliphatic carbocycles. The van der Waals surface area contributed by atoms with E-state index in [9.17, 15) is 4.79 Å². The molecule has 0 aliphatic rings. The predicted molar refractivity (Wildman–Crippen MR) is 111 cm³/mol. The number of benzene rings is 2. The summed E-state index contributed by atoms with van der Waals surface area (Å²) in [4.78, 5) is 21.4. The van der Waals surface area contributed by atoms with Crippen LogP contribution in [-0.4, -0.2) is 34.2 Å². The molecule has 1 N–H and O–H groups in total. The Morgan fingerprint density at radius 2 is 1.93 bits per heavy atom. The third-order valence-corrected chi connectivity index (χ3v) is 4.43. The number of para-hydroxylation sites is 2. The Balaban J connectivity index is 1.53. The summed E-state index contributed by atoms with van der Waals surface area (Å²) in [7, 11) is 1.56. The highest BCUT2D eigenvalue weighted by Crippen LogP contribution is 2.28. The van der Waals surface area contributed by atoms with Crippen LogP contribution in [0, 0.1) is 0 Å².